The molecule has 0 atom stereocenters. The summed E-state index contributed by atoms with van der Waals surface area (Å²) in [4.78, 5) is 0. The smallest absolute Gasteiger partial charge is 0.148 e. The van der Waals surface area contributed by atoms with Gasteiger partial charge in [0.2, 0.25) is 0 Å². The number of nitrogens with zero attached hydrogens (tertiary/aromatic N) is 1. The van der Waals surface area contributed by atoms with E-state index in [0.29, 0.717) is 22.1 Å². The molecule has 0 aliphatic heterocycles. The van der Waals surface area contributed by atoms with Crippen LogP contribution < -0.4 is 0 Å². The third-order valence-corrected chi connectivity index (χ3v) is 4.60. The molecule has 0 radical (unpaired) electrons. The molecule has 0 spiro atoms. The second-order valence-corrected chi connectivity index (χ2v) is 7.37. The van der Waals surface area contributed by atoms with Crippen LogP contribution in [-0.2, 0) is 15.6 Å². The van der Waals surface area contributed by atoms with E-state index in [0.717, 1.165) is 5.56 Å². The lowest BCUT2D eigenvalue weighted by molar-refractivity contribution is 0.603. The maximum absolute atomic E-state index is 10.9. The monoisotopic (exact) mass is 289 g/mol. The molecule has 17 heavy (non-hydrogen) atoms. The van der Waals surface area contributed by atoms with Gasteiger partial charge < -0.3 is 0 Å². The van der Waals surface area contributed by atoms with E-state index in [4.69, 9.17) is 16.9 Å². The van der Waals surface area contributed by atoms with Gasteiger partial charge in [-0.05, 0) is 17.7 Å². The molecule has 0 bridgehead atoms. The zero-order chi connectivity index (χ0) is 12.9. The molecule has 0 N–H and O–H groups in total. The lowest BCUT2D eigenvalue weighted by atomic mass is 10.2. The average Bonchev–Trinajstić information content (AvgIpc) is 2.24. The number of benzene rings is 1. The SMILES string of the molecule is CS(=O)(=O)CCSCc1ccc(C#N)cc1Cl. The van der Waals surface area contributed by atoms with Crippen molar-refractivity contribution in [3.63, 3.8) is 0 Å². The minimum atomic E-state index is -2.90. The second-order valence-electron chi connectivity index (χ2n) is 3.60. The lowest BCUT2D eigenvalue weighted by Crippen LogP contribution is -2.05. The Morgan fingerprint density at radius 3 is 2.71 bits per heavy atom. The Balaban J connectivity index is 2.51. The van der Waals surface area contributed by atoms with E-state index in [1.54, 1.807) is 18.2 Å². The van der Waals surface area contributed by atoms with Crippen LogP contribution in [0.4, 0.5) is 0 Å². The Kier molecular flexibility index (Phi) is 5.31. The molecule has 0 saturated carbocycles. The van der Waals surface area contributed by atoms with Crippen LogP contribution in [-0.4, -0.2) is 26.2 Å². The van der Waals surface area contributed by atoms with Crippen molar-refractivity contribution in [3.05, 3.63) is 34.3 Å². The number of nitriles is 1. The summed E-state index contributed by atoms with van der Waals surface area (Å²) >= 11 is 7.51. The first-order valence-electron chi connectivity index (χ1n) is 4.86. The van der Waals surface area contributed by atoms with E-state index in [2.05, 4.69) is 0 Å². The van der Waals surface area contributed by atoms with Gasteiger partial charge in [0, 0.05) is 22.8 Å². The molecule has 3 nitrogen and oxygen atoms in total. The van der Waals surface area contributed by atoms with Gasteiger partial charge in [-0.25, -0.2) is 8.42 Å². The van der Waals surface area contributed by atoms with Crippen molar-refractivity contribution in [2.24, 2.45) is 0 Å². The minimum absolute atomic E-state index is 0.172. The number of hydrogen-bond donors (Lipinski definition) is 0. The maximum atomic E-state index is 10.9. The van der Waals surface area contributed by atoms with Gasteiger partial charge in [-0.1, -0.05) is 17.7 Å². The van der Waals surface area contributed by atoms with Gasteiger partial charge >= 0.3 is 0 Å². The summed E-state index contributed by atoms with van der Waals surface area (Å²) in [5.74, 6) is 1.38. The highest BCUT2D eigenvalue weighted by atomic mass is 35.5. The summed E-state index contributed by atoms with van der Waals surface area (Å²) < 4.78 is 21.8. The fraction of sp³-hybridized carbons (Fsp3) is 0.364. The first-order chi connectivity index (χ1) is 7.92. The van der Waals surface area contributed by atoms with Gasteiger partial charge in [-0.3, -0.25) is 0 Å². The second kappa shape index (κ2) is 6.29. The quantitative estimate of drug-likeness (QED) is 0.782. The van der Waals surface area contributed by atoms with Gasteiger partial charge in [0.1, 0.15) is 9.84 Å². The predicted molar refractivity (Wildman–Crippen MR) is 72.0 cm³/mol. The summed E-state index contributed by atoms with van der Waals surface area (Å²) in [6, 6.07) is 7.14. The Morgan fingerprint density at radius 2 is 2.18 bits per heavy atom. The van der Waals surface area contributed by atoms with Crippen LogP contribution in [0.3, 0.4) is 0 Å². The summed E-state index contributed by atoms with van der Waals surface area (Å²) in [5.41, 5.74) is 1.45. The van der Waals surface area contributed by atoms with Crippen LogP contribution in [0.25, 0.3) is 0 Å². The molecule has 0 aromatic heterocycles. The maximum Gasteiger partial charge on any atom is 0.148 e. The van der Waals surface area contributed by atoms with E-state index >= 15 is 0 Å². The van der Waals surface area contributed by atoms with Crippen LogP contribution in [0.2, 0.25) is 5.02 Å². The van der Waals surface area contributed by atoms with Crippen molar-refractivity contribution in [3.8, 4) is 6.07 Å². The van der Waals surface area contributed by atoms with Crippen molar-refractivity contribution < 1.29 is 8.42 Å². The lowest BCUT2D eigenvalue weighted by Gasteiger charge is -2.04. The van der Waals surface area contributed by atoms with Gasteiger partial charge in [0.05, 0.1) is 17.4 Å². The highest BCUT2D eigenvalue weighted by molar-refractivity contribution is 7.99. The van der Waals surface area contributed by atoms with Crippen LogP contribution >= 0.6 is 23.4 Å². The van der Waals surface area contributed by atoms with Gasteiger partial charge in [-0.15, -0.1) is 0 Å². The molecule has 0 aliphatic rings. The topological polar surface area (TPSA) is 57.9 Å². The van der Waals surface area contributed by atoms with E-state index in [-0.39, 0.29) is 5.75 Å². The third-order valence-electron chi connectivity index (χ3n) is 2.04. The Bertz CT molecular complexity index is 535. The van der Waals surface area contributed by atoms with Crippen molar-refractivity contribution >= 4 is 33.2 Å². The fourth-order valence-corrected chi connectivity index (χ4v) is 3.75. The van der Waals surface area contributed by atoms with E-state index < -0.39 is 9.84 Å². The highest BCUT2D eigenvalue weighted by Gasteiger charge is 2.04. The summed E-state index contributed by atoms with van der Waals surface area (Å²) in [6.45, 7) is 0. The first kappa shape index (κ1) is 14.4. The van der Waals surface area contributed by atoms with Crippen LogP contribution in [0.15, 0.2) is 18.2 Å². The third kappa shape index (κ3) is 5.44. The Labute approximate surface area is 111 Å². The van der Waals surface area contributed by atoms with Gasteiger partial charge in [0.15, 0.2) is 0 Å². The number of rotatable bonds is 5. The van der Waals surface area contributed by atoms with Crippen molar-refractivity contribution in [1.29, 1.82) is 5.26 Å². The van der Waals surface area contributed by atoms with E-state index in [1.807, 2.05) is 6.07 Å². The molecule has 0 unspecified atom stereocenters. The van der Waals surface area contributed by atoms with Crippen LogP contribution in [0.1, 0.15) is 11.1 Å². The number of sulfone groups is 1. The molecule has 1 rings (SSSR count). The summed E-state index contributed by atoms with van der Waals surface area (Å²) in [5, 5.41) is 9.23. The molecule has 1 aromatic rings. The zero-order valence-corrected chi connectivity index (χ0v) is 11.7. The number of hydrogen-bond acceptors (Lipinski definition) is 4. The molecule has 6 heteroatoms. The standard InChI is InChI=1S/C11H12ClNO2S2/c1-17(14,15)5-4-16-8-10-3-2-9(7-13)6-11(10)12/h2-3,6H,4-5,8H2,1H3. The van der Waals surface area contributed by atoms with E-state index in [1.165, 1.54) is 18.0 Å². The minimum Gasteiger partial charge on any atom is -0.229 e. The molecule has 0 aliphatic carbocycles. The van der Waals surface area contributed by atoms with Gasteiger partial charge in [0.25, 0.3) is 0 Å². The van der Waals surface area contributed by atoms with Crippen molar-refractivity contribution in [2.45, 2.75) is 5.75 Å². The normalized spacial score (nSPS) is 11.1. The molecule has 0 fully saturated rings. The highest BCUT2D eigenvalue weighted by Crippen LogP contribution is 2.22. The molecule has 0 saturated heterocycles. The molecule has 0 amide bonds. The molecule has 1 aromatic carbocycles. The molecule has 92 valence electrons. The molecular weight excluding hydrogens is 278 g/mol. The largest absolute Gasteiger partial charge is 0.229 e. The van der Waals surface area contributed by atoms with E-state index in [9.17, 15) is 8.42 Å². The zero-order valence-electron chi connectivity index (χ0n) is 9.31. The predicted octanol–water partition coefficient (Wildman–Crippen LogP) is 2.49. The molecular formula is C11H12ClNO2S2. The van der Waals surface area contributed by atoms with Crippen molar-refractivity contribution in [1.82, 2.24) is 0 Å². The van der Waals surface area contributed by atoms with Gasteiger partial charge in [-0.2, -0.15) is 17.0 Å². The Hall–Kier alpha value is -0.700. The molecule has 0 heterocycles. The first-order valence-corrected chi connectivity index (χ1v) is 8.45. The summed E-state index contributed by atoms with van der Waals surface area (Å²) in [7, 11) is -2.90. The Morgan fingerprint density at radius 1 is 1.47 bits per heavy atom. The number of halogens is 1. The summed E-state index contributed by atoms with van der Waals surface area (Å²) in [6.07, 6.45) is 1.22. The average molecular weight is 290 g/mol. The van der Waals surface area contributed by atoms with Crippen LogP contribution in [0.5, 0.6) is 0 Å². The number of thioether (sulfide) groups is 1. The van der Waals surface area contributed by atoms with Crippen LogP contribution in [0, 0.1) is 11.3 Å². The fourth-order valence-electron chi connectivity index (χ4n) is 1.13. The van der Waals surface area contributed by atoms with Crippen molar-refractivity contribution in [2.75, 3.05) is 17.8 Å².